The summed E-state index contributed by atoms with van der Waals surface area (Å²) in [6.07, 6.45) is 4.28. The van der Waals surface area contributed by atoms with Crippen LogP contribution < -0.4 is 10.2 Å². The van der Waals surface area contributed by atoms with Gasteiger partial charge in [-0.1, -0.05) is 12.8 Å². The number of fused-ring (bicyclic) bond motifs is 1. The second-order valence-electron chi connectivity index (χ2n) is 11.8. The lowest BCUT2D eigenvalue weighted by molar-refractivity contribution is -0.138. The first-order valence-electron chi connectivity index (χ1n) is 14.5. The molecule has 0 radical (unpaired) electrons. The van der Waals surface area contributed by atoms with E-state index in [1.807, 2.05) is 11.9 Å². The zero-order valence-electron chi connectivity index (χ0n) is 24.6. The van der Waals surface area contributed by atoms with Gasteiger partial charge in [-0.25, -0.2) is 19.7 Å². The van der Waals surface area contributed by atoms with Gasteiger partial charge in [0.2, 0.25) is 5.95 Å². The van der Waals surface area contributed by atoms with E-state index in [-0.39, 0.29) is 51.3 Å². The zero-order valence-corrected chi connectivity index (χ0v) is 24.6. The van der Waals surface area contributed by atoms with Crippen molar-refractivity contribution in [1.29, 1.82) is 0 Å². The van der Waals surface area contributed by atoms with Gasteiger partial charge in [0.15, 0.2) is 11.3 Å². The number of H-pyrrole nitrogens is 1. The highest BCUT2D eigenvalue weighted by molar-refractivity contribution is 6.03. The number of pyridine rings is 2. The Morgan fingerprint density at radius 3 is 2.42 bits per heavy atom. The lowest BCUT2D eigenvalue weighted by Gasteiger charge is -2.34. The number of amides is 1. The number of carboxylic acid groups (broad SMARTS) is 1. The molecule has 2 aliphatic carbocycles. The van der Waals surface area contributed by atoms with Gasteiger partial charge in [0.25, 0.3) is 5.91 Å². The van der Waals surface area contributed by atoms with E-state index in [0.717, 1.165) is 44.1 Å². The van der Waals surface area contributed by atoms with Gasteiger partial charge in [-0.3, -0.25) is 15.1 Å². The Morgan fingerprint density at radius 2 is 1.80 bits per heavy atom. The minimum Gasteiger partial charge on any atom is -0.476 e. The number of nitrogens with one attached hydrogen (secondary N) is 2. The average Bonchev–Trinajstić information content (AvgIpc) is 3.62. The molecule has 2 aliphatic rings. The van der Waals surface area contributed by atoms with Crippen LogP contribution in [0.5, 0.6) is 0 Å². The van der Waals surface area contributed by atoms with Crippen LogP contribution in [0.4, 0.5) is 24.8 Å². The number of carboxylic acids is 1. The number of aromatic amines is 1. The molecule has 45 heavy (non-hydrogen) atoms. The number of carbonyl (C=O) groups excluding carboxylic acids is 1. The van der Waals surface area contributed by atoms with Crippen LogP contribution in [0.2, 0.25) is 0 Å². The highest BCUT2D eigenvalue weighted by atomic mass is 19.4. The first-order valence-corrected chi connectivity index (χ1v) is 14.5. The molecule has 4 aromatic heterocycles. The molecule has 2 saturated carbocycles. The Bertz CT molecular complexity index is 1750. The molecule has 15 heteroatoms. The fraction of sp³-hybridized carbons (Fsp3) is 0.433. The number of hydrogen-bond acceptors (Lipinski definition) is 9. The molecule has 236 valence electrons. The number of rotatable bonds is 10. The van der Waals surface area contributed by atoms with E-state index in [1.54, 1.807) is 13.2 Å². The van der Waals surface area contributed by atoms with Crippen molar-refractivity contribution in [2.24, 2.45) is 5.41 Å². The smallest absolute Gasteiger partial charge is 0.418 e. The van der Waals surface area contributed by atoms with E-state index < -0.39 is 23.6 Å². The Labute approximate surface area is 255 Å². The first kappa shape index (κ1) is 30.4. The summed E-state index contributed by atoms with van der Waals surface area (Å²) in [4.78, 5) is 49.8. The predicted octanol–water partition coefficient (Wildman–Crippen LogP) is 5.30. The van der Waals surface area contributed by atoms with Crippen molar-refractivity contribution in [3.8, 4) is 11.3 Å². The Balaban J connectivity index is 1.40. The zero-order chi connectivity index (χ0) is 31.9. The number of methoxy groups -OCH3 is 1. The van der Waals surface area contributed by atoms with Gasteiger partial charge >= 0.3 is 12.1 Å². The molecule has 0 saturated heterocycles. The maximum Gasteiger partial charge on any atom is 0.418 e. The van der Waals surface area contributed by atoms with E-state index >= 15 is 0 Å². The molecule has 4 heterocycles. The van der Waals surface area contributed by atoms with E-state index in [0.29, 0.717) is 37.2 Å². The topological polar surface area (TPSA) is 159 Å². The number of carbonyl (C=O) groups is 2. The third-order valence-electron chi connectivity index (χ3n) is 8.36. The van der Waals surface area contributed by atoms with Crippen LogP contribution in [0.3, 0.4) is 0 Å². The predicted molar refractivity (Wildman–Crippen MR) is 157 cm³/mol. The van der Waals surface area contributed by atoms with Crippen molar-refractivity contribution >= 4 is 34.7 Å². The summed E-state index contributed by atoms with van der Waals surface area (Å²) in [5.74, 6) is -2.16. The third-order valence-corrected chi connectivity index (χ3v) is 8.36. The first-order chi connectivity index (χ1) is 21.5. The SMILES string of the molecule is COCC1(CN(C)c2cc(-c3cnc(C4CC4)c(C(F)(F)F)c3)nc3nc(NC(=O)c4cnc(C(=O)O)cn4)[nH]c23)CCCC1. The molecule has 2 fully saturated rings. The molecule has 0 atom stereocenters. The summed E-state index contributed by atoms with van der Waals surface area (Å²) in [6.45, 7) is 1.17. The van der Waals surface area contributed by atoms with Gasteiger partial charge in [0.1, 0.15) is 11.2 Å². The van der Waals surface area contributed by atoms with Crippen molar-refractivity contribution in [3.63, 3.8) is 0 Å². The Morgan fingerprint density at radius 1 is 1.09 bits per heavy atom. The van der Waals surface area contributed by atoms with E-state index in [9.17, 15) is 22.8 Å². The van der Waals surface area contributed by atoms with Crippen LogP contribution in [-0.4, -0.2) is 74.2 Å². The maximum absolute atomic E-state index is 14.1. The van der Waals surface area contributed by atoms with Gasteiger partial charge in [-0.15, -0.1) is 0 Å². The summed E-state index contributed by atoms with van der Waals surface area (Å²) in [5.41, 5.74) is 0.416. The van der Waals surface area contributed by atoms with Crippen molar-refractivity contribution in [2.75, 3.05) is 37.5 Å². The minimum atomic E-state index is -4.57. The lowest BCUT2D eigenvalue weighted by Crippen LogP contribution is -2.37. The van der Waals surface area contributed by atoms with Crippen molar-refractivity contribution in [3.05, 3.63) is 53.4 Å². The van der Waals surface area contributed by atoms with Gasteiger partial charge in [-0.2, -0.15) is 18.2 Å². The number of ether oxygens (including phenoxy) is 1. The van der Waals surface area contributed by atoms with E-state index in [2.05, 4.69) is 35.2 Å². The van der Waals surface area contributed by atoms with Crippen LogP contribution in [0.15, 0.2) is 30.7 Å². The summed E-state index contributed by atoms with van der Waals surface area (Å²) >= 11 is 0. The summed E-state index contributed by atoms with van der Waals surface area (Å²) in [5, 5.41) is 11.6. The molecular weight excluding hydrogens is 593 g/mol. The molecular formula is C30H31F3N8O4. The number of alkyl halides is 3. The van der Waals surface area contributed by atoms with Crippen molar-refractivity contribution in [1.82, 2.24) is 29.9 Å². The molecule has 0 bridgehead atoms. The van der Waals surface area contributed by atoms with Crippen LogP contribution >= 0.6 is 0 Å². The van der Waals surface area contributed by atoms with Gasteiger partial charge in [-0.05, 0) is 37.8 Å². The molecule has 0 spiro atoms. The summed E-state index contributed by atoms with van der Waals surface area (Å²) in [6, 6.07) is 2.79. The lowest BCUT2D eigenvalue weighted by atomic mass is 9.86. The summed E-state index contributed by atoms with van der Waals surface area (Å²) < 4.78 is 47.8. The molecule has 0 unspecified atom stereocenters. The van der Waals surface area contributed by atoms with Crippen LogP contribution in [0, 0.1) is 5.41 Å². The number of aromatic nitrogens is 6. The molecule has 12 nitrogen and oxygen atoms in total. The van der Waals surface area contributed by atoms with Crippen molar-refractivity contribution in [2.45, 2.75) is 50.6 Å². The number of nitrogens with zero attached hydrogens (tertiary/aromatic N) is 6. The molecule has 1 amide bonds. The van der Waals surface area contributed by atoms with Crippen molar-refractivity contribution < 1.29 is 32.6 Å². The molecule has 3 N–H and O–H groups in total. The van der Waals surface area contributed by atoms with Crippen LogP contribution in [0.1, 0.15) is 76.7 Å². The number of hydrogen-bond donors (Lipinski definition) is 3. The maximum atomic E-state index is 14.1. The monoisotopic (exact) mass is 624 g/mol. The highest BCUT2D eigenvalue weighted by Crippen LogP contribution is 2.46. The highest BCUT2D eigenvalue weighted by Gasteiger charge is 2.40. The quantitative estimate of drug-likeness (QED) is 0.211. The molecule has 4 aromatic rings. The standard InChI is InChI=1S/C30H31F3N8O4/c1-41(14-29(15-45-2)7-3-4-8-29)22-10-19(17-9-18(30(31,32)33)23(36-11-17)16-5-6-16)37-25-24(22)38-28(39-25)40-26(42)20-12-35-21(13-34-20)27(43)44/h9-13,16H,3-8,14-15H2,1-2H3,(H,43,44)(H2,37,38,39,40,42). The Hall–Kier alpha value is -4.66. The van der Waals surface area contributed by atoms with E-state index in [1.165, 1.54) is 6.20 Å². The molecule has 6 rings (SSSR count). The number of aromatic carboxylic acids is 1. The fourth-order valence-electron chi connectivity index (χ4n) is 6.10. The second kappa shape index (κ2) is 11.7. The number of imidazole rings is 1. The number of anilines is 2. The van der Waals surface area contributed by atoms with Gasteiger partial charge in [0, 0.05) is 43.8 Å². The second-order valence-corrected chi connectivity index (χ2v) is 11.8. The normalized spacial score (nSPS) is 16.2. The Kier molecular flexibility index (Phi) is 7.89. The molecule has 0 aromatic carbocycles. The largest absolute Gasteiger partial charge is 0.476 e. The molecule has 0 aliphatic heterocycles. The van der Waals surface area contributed by atoms with Gasteiger partial charge < -0.3 is 19.7 Å². The van der Waals surface area contributed by atoms with Crippen LogP contribution in [0.25, 0.3) is 22.4 Å². The average molecular weight is 625 g/mol. The fourth-order valence-corrected chi connectivity index (χ4v) is 6.10. The number of halogens is 3. The third kappa shape index (κ3) is 6.30. The van der Waals surface area contributed by atoms with E-state index in [4.69, 9.17) is 9.84 Å². The van der Waals surface area contributed by atoms with Gasteiger partial charge in [0.05, 0.1) is 41.6 Å². The van der Waals surface area contributed by atoms with Crippen LogP contribution in [-0.2, 0) is 10.9 Å². The summed E-state index contributed by atoms with van der Waals surface area (Å²) in [7, 11) is 3.56. The minimum absolute atomic E-state index is 0.0177.